The Balaban J connectivity index is 1.66. The quantitative estimate of drug-likeness (QED) is 0.347. The van der Waals surface area contributed by atoms with Gasteiger partial charge in [-0.2, -0.15) is 0 Å². The number of benzene rings is 2. The van der Waals surface area contributed by atoms with Crippen LogP contribution in [0.1, 0.15) is 48.7 Å². The molecule has 1 atom stereocenters. The van der Waals surface area contributed by atoms with Gasteiger partial charge in [0.1, 0.15) is 27.9 Å². The predicted molar refractivity (Wildman–Crippen MR) is 133 cm³/mol. The number of ether oxygens (including phenoxy) is 1. The van der Waals surface area contributed by atoms with Crippen molar-refractivity contribution in [3.05, 3.63) is 70.2 Å². The van der Waals surface area contributed by atoms with Crippen LogP contribution >= 0.6 is 11.3 Å². The molecule has 1 unspecified atom stereocenters. The van der Waals surface area contributed by atoms with E-state index in [4.69, 9.17) is 14.1 Å². The number of phenolic OH excluding ortho intramolecular Hbond substituents is 1. The number of aliphatic hydroxyl groups is 1. The lowest BCUT2D eigenvalue weighted by atomic mass is 10.0. The van der Waals surface area contributed by atoms with Crippen molar-refractivity contribution in [1.29, 1.82) is 0 Å². The summed E-state index contributed by atoms with van der Waals surface area (Å²) in [6, 6.07) is 9.26. The first-order chi connectivity index (χ1) is 17.0. The Morgan fingerprint density at radius 3 is 2.80 bits per heavy atom. The largest absolute Gasteiger partial charge is 0.506 e. The van der Waals surface area contributed by atoms with Crippen molar-refractivity contribution in [3.63, 3.8) is 0 Å². The zero-order valence-electron chi connectivity index (χ0n) is 19.2. The number of hydrogen-bond donors (Lipinski definition) is 2. The van der Waals surface area contributed by atoms with Gasteiger partial charge in [0.05, 0.1) is 36.0 Å². The smallest absolute Gasteiger partial charge is 0.263 e. The molecule has 1 aliphatic carbocycles. The predicted octanol–water partition coefficient (Wildman–Crippen LogP) is 4.96. The van der Waals surface area contributed by atoms with Gasteiger partial charge in [0.25, 0.3) is 5.56 Å². The van der Waals surface area contributed by atoms with Crippen molar-refractivity contribution in [2.75, 3.05) is 7.11 Å². The Kier molecular flexibility index (Phi) is 5.12. The van der Waals surface area contributed by atoms with Crippen LogP contribution in [0.2, 0.25) is 0 Å². The molecule has 0 spiro atoms. The van der Waals surface area contributed by atoms with E-state index in [1.54, 1.807) is 36.9 Å². The highest BCUT2D eigenvalue weighted by atomic mass is 32.1. The molecular formula is C26H23N3O5S. The third-order valence-electron chi connectivity index (χ3n) is 6.53. The molecule has 3 heterocycles. The number of aromatic hydroxyl groups is 1. The van der Waals surface area contributed by atoms with E-state index < -0.39 is 6.10 Å². The average molecular weight is 490 g/mol. The molecule has 35 heavy (non-hydrogen) atoms. The van der Waals surface area contributed by atoms with Crippen LogP contribution in [0, 0.1) is 0 Å². The molecule has 0 saturated heterocycles. The number of phenols is 1. The molecule has 8 nitrogen and oxygen atoms in total. The van der Waals surface area contributed by atoms with E-state index in [0.29, 0.717) is 43.4 Å². The minimum Gasteiger partial charge on any atom is -0.506 e. The van der Waals surface area contributed by atoms with Gasteiger partial charge in [-0.3, -0.25) is 9.36 Å². The molecule has 0 aliphatic heterocycles. The second-order valence-electron chi connectivity index (χ2n) is 8.86. The summed E-state index contributed by atoms with van der Waals surface area (Å²) >= 11 is 1.25. The highest BCUT2D eigenvalue weighted by molar-refractivity contribution is 7.25. The van der Waals surface area contributed by atoms with Gasteiger partial charge in [-0.25, -0.2) is 9.97 Å². The number of rotatable bonds is 6. The van der Waals surface area contributed by atoms with Gasteiger partial charge in [-0.05, 0) is 49.4 Å². The van der Waals surface area contributed by atoms with E-state index >= 15 is 0 Å². The van der Waals surface area contributed by atoms with E-state index in [-0.39, 0.29) is 17.9 Å². The Bertz CT molecular complexity index is 1630. The summed E-state index contributed by atoms with van der Waals surface area (Å²) in [6.45, 7) is 1.76. The Morgan fingerprint density at radius 1 is 1.29 bits per heavy atom. The molecule has 9 heteroatoms. The summed E-state index contributed by atoms with van der Waals surface area (Å²) in [5, 5.41) is 21.9. The SMILES string of the molecule is COc1ccc(-c2nc3sc4c(O)c(C(C)O)ccc4c3c(=O)n2Cc2cnco2)c(C2CC2)c1. The van der Waals surface area contributed by atoms with Crippen LogP contribution in [0.5, 0.6) is 11.5 Å². The van der Waals surface area contributed by atoms with Gasteiger partial charge in [0.15, 0.2) is 6.39 Å². The first-order valence-electron chi connectivity index (χ1n) is 11.4. The number of thiophene rings is 1. The van der Waals surface area contributed by atoms with Gasteiger partial charge in [-0.1, -0.05) is 12.1 Å². The number of nitrogens with zero attached hydrogens (tertiary/aromatic N) is 3. The van der Waals surface area contributed by atoms with Crippen LogP contribution in [0.4, 0.5) is 0 Å². The maximum Gasteiger partial charge on any atom is 0.263 e. The first kappa shape index (κ1) is 21.8. The third-order valence-corrected chi connectivity index (χ3v) is 7.64. The molecule has 2 aromatic carbocycles. The molecular weight excluding hydrogens is 466 g/mol. The summed E-state index contributed by atoms with van der Waals surface area (Å²) in [7, 11) is 1.64. The van der Waals surface area contributed by atoms with Crippen molar-refractivity contribution < 1.29 is 19.4 Å². The van der Waals surface area contributed by atoms with E-state index in [0.717, 1.165) is 29.7 Å². The molecule has 1 aliphatic rings. The highest BCUT2D eigenvalue weighted by Gasteiger charge is 2.29. The molecule has 5 aromatic rings. The van der Waals surface area contributed by atoms with E-state index in [1.807, 2.05) is 18.2 Å². The van der Waals surface area contributed by atoms with Gasteiger partial charge in [0.2, 0.25) is 0 Å². The number of methoxy groups -OCH3 is 1. The lowest BCUT2D eigenvalue weighted by Gasteiger charge is -2.15. The number of fused-ring (bicyclic) bond motifs is 3. The van der Waals surface area contributed by atoms with Crippen LogP contribution < -0.4 is 10.3 Å². The van der Waals surface area contributed by atoms with Gasteiger partial charge in [-0.15, -0.1) is 11.3 Å². The highest BCUT2D eigenvalue weighted by Crippen LogP contribution is 2.46. The minimum atomic E-state index is -0.836. The topological polar surface area (TPSA) is 111 Å². The van der Waals surface area contributed by atoms with Gasteiger partial charge >= 0.3 is 0 Å². The molecule has 1 fully saturated rings. The van der Waals surface area contributed by atoms with Crippen molar-refractivity contribution in [2.24, 2.45) is 0 Å². The summed E-state index contributed by atoms with van der Waals surface area (Å²) in [5.41, 5.74) is 2.16. The lowest BCUT2D eigenvalue weighted by molar-refractivity contribution is 0.195. The fraction of sp³-hybridized carbons (Fsp3) is 0.269. The molecule has 0 bridgehead atoms. The summed E-state index contributed by atoms with van der Waals surface area (Å²) < 4.78 is 13.1. The van der Waals surface area contributed by atoms with Crippen molar-refractivity contribution in [2.45, 2.75) is 38.3 Å². The minimum absolute atomic E-state index is 0.0219. The average Bonchev–Trinajstić information content (AvgIpc) is 3.43. The van der Waals surface area contributed by atoms with Crippen LogP contribution in [0.25, 0.3) is 31.7 Å². The number of hydrogen-bond acceptors (Lipinski definition) is 8. The Hall–Kier alpha value is -3.69. The van der Waals surface area contributed by atoms with Crippen LogP contribution in [-0.4, -0.2) is 31.9 Å². The molecule has 178 valence electrons. The van der Waals surface area contributed by atoms with Crippen molar-refractivity contribution >= 4 is 31.6 Å². The maximum absolute atomic E-state index is 14.0. The fourth-order valence-corrected chi connectivity index (χ4v) is 5.71. The zero-order chi connectivity index (χ0) is 24.3. The molecule has 1 saturated carbocycles. The molecule has 6 rings (SSSR count). The van der Waals surface area contributed by atoms with Crippen LogP contribution in [0.3, 0.4) is 0 Å². The van der Waals surface area contributed by atoms with Gasteiger partial charge in [0, 0.05) is 16.5 Å². The summed E-state index contributed by atoms with van der Waals surface area (Å²) in [4.78, 5) is 23.5. The van der Waals surface area contributed by atoms with Gasteiger partial charge < -0.3 is 19.4 Å². The summed E-state index contributed by atoms with van der Waals surface area (Å²) in [5.74, 6) is 2.20. The lowest BCUT2D eigenvalue weighted by Crippen LogP contribution is -2.24. The van der Waals surface area contributed by atoms with E-state index in [2.05, 4.69) is 4.98 Å². The van der Waals surface area contributed by atoms with Crippen LogP contribution in [-0.2, 0) is 6.54 Å². The first-order valence-corrected chi connectivity index (χ1v) is 12.2. The molecule has 3 aromatic heterocycles. The third kappa shape index (κ3) is 3.59. The fourth-order valence-electron chi connectivity index (χ4n) is 4.59. The molecule has 0 amide bonds. The molecule has 0 radical (unpaired) electrons. The number of aliphatic hydroxyl groups excluding tert-OH is 1. The van der Waals surface area contributed by atoms with E-state index in [9.17, 15) is 15.0 Å². The van der Waals surface area contributed by atoms with Crippen LogP contribution in [0.15, 0.2) is 52.1 Å². The van der Waals surface area contributed by atoms with Crippen molar-refractivity contribution in [1.82, 2.24) is 14.5 Å². The summed E-state index contributed by atoms with van der Waals surface area (Å²) in [6.07, 6.45) is 4.24. The second kappa shape index (κ2) is 8.21. The Morgan fingerprint density at radius 2 is 2.11 bits per heavy atom. The molecule has 2 N–H and O–H groups in total. The van der Waals surface area contributed by atoms with E-state index in [1.165, 1.54) is 17.7 Å². The number of aromatic nitrogens is 3. The zero-order valence-corrected chi connectivity index (χ0v) is 20.0. The standard InChI is InChI=1S/C26H23N3O5S/c1-13(30)17-7-8-19-21-25(35-23(19)22(17)31)28-24(29(26(21)32)11-16-10-27-12-34-16)18-6-5-15(33-2)9-20(18)14-3-4-14/h5-10,12-14,30-31H,3-4,11H2,1-2H3. The van der Waals surface area contributed by atoms with Crippen molar-refractivity contribution in [3.8, 4) is 22.9 Å². The Labute approximate surface area is 204 Å². The monoisotopic (exact) mass is 489 g/mol. The maximum atomic E-state index is 14.0. The number of oxazole rings is 1. The second-order valence-corrected chi connectivity index (χ2v) is 9.86. The normalized spacial score (nSPS) is 14.6.